The number of hydrogen-bond donors (Lipinski definition) is 0. The van der Waals surface area contributed by atoms with E-state index < -0.39 is 122 Å². The zero-order chi connectivity index (χ0) is 44.3. The number of carbonyl (C=O) groups is 8. The van der Waals surface area contributed by atoms with Gasteiger partial charge in [0.25, 0.3) is 0 Å². The Morgan fingerprint density at radius 3 is 1.02 bits per heavy atom. The van der Waals surface area contributed by atoms with E-state index in [1.165, 1.54) is 0 Å². The molecule has 60 heavy (non-hydrogen) atoms. The molecule has 20 nitrogen and oxygen atoms in total. The van der Waals surface area contributed by atoms with Gasteiger partial charge in [-0.05, 0) is 35.4 Å². The molecule has 0 N–H and O–H groups in total. The molecule has 2 aliphatic rings. The summed E-state index contributed by atoms with van der Waals surface area (Å²) in [5, 5.41) is 0. The van der Waals surface area contributed by atoms with Gasteiger partial charge >= 0.3 is 47.8 Å². The van der Waals surface area contributed by atoms with Crippen LogP contribution in [0.15, 0.2) is 48.5 Å². The standard InChI is InChI=1S/C40H46O20/c1-19(41)49-17-31-33(51-21(3)43)35(53-23(5)45)37(55-25(7)47)39(59-31)57-29-13-9-11-27(15-29)28-12-10-14-30(16-28)58-40-38(56-26(8)48)36(54-24(6)46)34(52-22(4)44)32(60-40)18-50-20(2)42/h9-16,31-40H,17-18H2,1-8H3/t31-,32-,33-,34-,35+,36+,37+,38+,39+,40+/m1/s1. The number of benzene rings is 2. The molecule has 20 heteroatoms. The van der Waals surface area contributed by atoms with E-state index in [0.717, 1.165) is 55.4 Å². The van der Waals surface area contributed by atoms with E-state index in [9.17, 15) is 38.4 Å². The van der Waals surface area contributed by atoms with Gasteiger partial charge in [-0.1, -0.05) is 24.3 Å². The largest absolute Gasteiger partial charge is 0.463 e. The van der Waals surface area contributed by atoms with Crippen molar-refractivity contribution >= 4 is 47.8 Å². The van der Waals surface area contributed by atoms with Crippen molar-refractivity contribution in [2.45, 2.75) is 117 Å². The highest BCUT2D eigenvalue weighted by molar-refractivity contribution is 5.70. The molecule has 326 valence electrons. The maximum atomic E-state index is 12.3. The van der Waals surface area contributed by atoms with Crippen LogP contribution in [0.4, 0.5) is 0 Å². The fourth-order valence-electron chi connectivity index (χ4n) is 6.33. The number of ether oxygens (including phenoxy) is 12. The third-order valence-electron chi connectivity index (χ3n) is 8.40. The molecule has 2 aromatic carbocycles. The molecule has 2 aromatic rings. The molecule has 2 heterocycles. The molecule has 2 aliphatic heterocycles. The number of hydrogen-bond acceptors (Lipinski definition) is 20. The summed E-state index contributed by atoms with van der Waals surface area (Å²) < 4.78 is 67.6. The maximum absolute atomic E-state index is 12.3. The Labute approximate surface area is 343 Å². The normalized spacial score (nSPS) is 25.9. The van der Waals surface area contributed by atoms with E-state index in [2.05, 4.69) is 0 Å². The second kappa shape index (κ2) is 21.1. The molecular formula is C40H46O20. The van der Waals surface area contributed by atoms with E-state index in [0.29, 0.717) is 11.1 Å². The molecule has 2 fully saturated rings. The molecule has 2 saturated heterocycles. The van der Waals surface area contributed by atoms with Gasteiger partial charge in [-0.3, -0.25) is 38.4 Å². The summed E-state index contributed by atoms with van der Waals surface area (Å²) in [6.07, 6.45) is -14.1. The minimum absolute atomic E-state index is 0.152. The minimum atomic E-state index is -1.50. The van der Waals surface area contributed by atoms with Crippen molar-refractivity contribution < 1.29 is 95.2 Å². The van der Waals surface area contributed by atoms with Crippen molar-refractivity contribution in [2.24, 2.45) is 0 Å². The van der Waals surface area contributed by atoms with Crippen LogP contribution in [0, 0.1) is 0 Å². The van der Waals surface area contributed by atoms with Crippen LogP contribution < -0.4 is 9.47 Å². The van der Waals surface area contributed by atoms with Crippen LogP contribution in [0.2, 0.25) is 0 Å². The summed E-state index contributed by atoms with van der Waals surface area (Å²) in [4.78, 5) is 96.8. The molecule has 0 saturated carbocycles. The SMILES string of the molecule is CC(=O)OC[C@H]1O[C@H](Oc2cccc(-c3cccc(O[C@H]4O[C@H](COC(C)=O)[C@@H](OC(C)=O)[C@H](OC(C)=O)[C@@H]4OC(C)=O)c3)c2)[C@@H](OC(C)=O)[C@@H](OC(C)=O)[C@@H]1OC(C)=O. The Bertz CT molecular complexity index is 1770. The first kappa shape index (κ1) is 46.4. The lowest BCUT2D eigenvalue weighted by Crippen LogP contribution is -2.63. The van der Waals surface area contributed by atoms with E-state index in [4.69, 9.17) is 56.8 Å². The molecule has 4 rings (SSSR count). The first-order chi connectivity index (χ1) is 28.3. The lowest BCUT2D eigenvalue weighted by Gasteiger charge is -2.44. The van der Waals surface area contributed by atoms with Crippen molar-refractivity contribution in [3.05, 3.63) is 48.5 Å². The van der Waals surface area contributed by atoms with Gasteiger partial charge in [0, 0.05) is 55.4 Å². The first-order valence-corrected chi connectivity index (χ1v) is 18.5. The van der Waals surface area contributed by atoms with E-state index >= 15 is 0 Å². The molecule has 0 radical (unpaired) electrons. The summed E-state index contributed by atoms with van der Waals surface area (Å²) in [6, 6.07) is 13.0. The van der Waals surface area contributed by atoms with Crippen LogP contribution in [-0.4, -0.2) is 122 Å². The average molecular weight is 847 g/mol. The summed E-state index contributed by atoms with van der Waals surface area (Å²) in [5.74, 6) is -5.88. The minimum Gasteiger partial charge on any atom is -0.463 e. The van der Waals surface area contributed by atoms with Crippen LogP contribution in [0.5, 0.6) is 11.5 Å². The van der Waals surface area contributed by atoms with Gasteiger partial charge in [0.15, 0.2) is 24.4 Å². The monoisotopic (exact) mass is 846 g/mol. The van der Waals surface area contributed by atoms with Crippen LogP contribution in [0.25, 0.3) is 11.1 Å². The second-order valence-electron chi connectivity index (χ2n) is 13.4. The van der Waals surface area contributed by atoms with Crippen molar-refractivity contribution in [2.75, 3.05) is 13.2 Å². The third-order valence-corrected chi connectivity index (χ3v) is 8.40. The van der Waals surface area contributed by atoms with Crippen LogP contribution >= 0.6 is 0 Å². The summed E-state index contributed by atoms with van der Waals surface area (Å²) in [5.41, 5.74) is 1.07. The van der Waals surface area contributed by atoms with E-state index in [1.807, 2.05) is 0 Å². The molecule has 10 atom stereocenters. The highest BCUT2D eigenvalue weighted by Crippen LogP contribution is 2.35. The lowest BCUT2D eigenvalue weighted by atomic mass is 9.98. The highest BCUT2D eigenvalue weighted by atomic mass is 16.7. The van der Waals surface area contributed by atoms with Gasteiger partial charge in [0.05, 0.1) is 0 Å². The van der Waals surface area contributed by atoms with Crippen LogP contribution in [-0.2, 0) is 85.7 Å². The molecule has 0 aromatic heterocycles. The maximum Gasteiger partial charge on any atom is 0.303 e. The lowest BCUT2D eigenvalue weighted by molar-refractivity contribution is -0.288. The predicted octanol–water partition coefficient (Wildman–Crippen LogP) is 2.28. The summed E-state index contributed by atoms with van der Waals surface area (Å²) in [6.45, 7) is 8.00. The van der Waals surface area contributed by atoms with E-state index in [1.54, 1.807) is 48.5 Å². The average Bonchev–Trinajstić information content (AvgIpc) is 3.14. The zero-order valence-corrected chi connectivity index (χ0v) is 34.0. The topological polar surface area (TPSA) is 247 Å². The third kappa shape index (κ3) is 13.4. The predicted molar refractivity (Wildman–Crippen MR) is 197 cm³/mol. The van der Waals surface area contributed by atoms with Crippen molar-refractivity contribution in [3.63, 3.8) is 0 Å². The fourth-order valence-corrected chi connectivity index (χ4v) is 6.33. The Hall–Kier alpha value is -6.28. The first-order valence-electron chi connectivity index (χ1n) is 18.5. The van der Waals surface area contributed by atoms with Gasteiger partial charge in [0.2, 0.25) is 24.8 Å². The highest BCUT2D eigenvalue weighted by Gasteiger charge is 2.55. The Morgan fingerprint density at radius 2 is 0.717 bits per heavy atom. The second-order valence-corrected chi connectivity index (χ2v) is 13.4. The van der Waals surface area contributed by atoms with Crippen molar-refractivity contribution in [1.29, 1.82) is 0 Å². The Kier molecular flexibility index (Phi) is 16.3. The fraction of sp³-hybridized carbons (Fsp3) is 0.500. The Morgan fingerprint density at radius 1 is 0.417 bits per heavy atom. The van der Waals surface area contributed by atoms with Crippen molar-refractivity contribution in [1.82, 2.24) is 0 Å². The van der Waals surface area contributed by atoms with Crippen LogP contribution in [0.3, 0.4) is 0 Å². The summed E-state index contributed by atoms with van der Waals surface area (Å²) in [7, 11) is 0. The molecular weight excluding hydrogens is 800 g/mol. The molecule has 0 spiro atoms. The van der Waals surface area contributed by atoms with Gasteiger partial charge in [-0.15, -0.1) is 0 Å². The smallest absolute Gasteiger partial charge is 0.303 e. The number of esters is 8. The van der Waals surface area contributed by atoms with Gasteiger partial charge in [-0.2, -0.15) is 0 Å². The number of carbonyl (C=O) groups excluding carboxylic acids is 8. The van der Waals surface area contributed by atoms with Crippen molar-refractivity contribution in [3.8, 4) is 22.6 Å². The Balaban J connectivity index is 1.68. The van der Waals surface area contributed by atoms with Crippen LogP contribution in [0.1, 0.15) is 55.4 Å². The zero-order valence-electron chi connectivity index (χ0n) is 34.0. The number of rotatable bonds is 15. The van der Waals surface area contributed by atoms with Gasteiger partial charge in [0.1, 0.15) is 36.9 Å². The molecule has 0 bridgehead atoms. The molecule has 0 amide bonds. The van der Waals surface area contributed by atoms with E-state index in [-0.39, 0.29) is 11.5 Å². The summed E-state index contributed by atoms with van der Waals surface area (Å²) >= 11 is 0. The van der Waals surface area contributed by atoms with Gasteiger partial charge in [-0.25, -0.2) is 0 Å². The van der Waals surface area contributed by atoms with Gasteiger partial charge < -0.3 is 56.8 Å². The quantitative estimate of drug-likeness (QED) is 0.184. The molecule has 0 unspecified atom stereocenters. The molecule has 0 aliphatic carbocycles.